The fourth-order valence-corrected chi connectivity index (χ4v) is 5.26. The first kappa shape index (κ1) is 33.8. The lowest BCUT2D eigenvalue weighted by Crippen LogP contribution is -2.28. The molecule has 4 heterocycles. The first-order valence-electron chi connectivity index (χ1n) is 15.9. The number of aliphatic hydroxyl groups is 1. The SMILES string of the molecule is C[C@@H]1COC=CC(O)[C@@H]1C.C[C@@H]1COC=CC2OC(c3ccccc3)O[C@@H]21.C[C@@H]1[C@H](C)COC=C[C@H]1OCc1ccccc1.[HH]. The fourth-order valence-electron chi connectivity index (χ4n) is 5.26. The van der Waals surface area contributed by atoms with Crippen LogP contribution < -0.4 is 0 Å². The van der Waals surface area contributed by atoms with Crippen molar-refractivity contribution in [1.82, 2.24) is 0 Å². The minimum absolute atomic E-state index is 0. The highest BCUT2D eigenvalue weighted by molar-refractivity contribution is 5.17. The van der Waals surface area contributed by atoms with Gasteiger partial charge in [0.1, 0.15) is 6.10 Å². The van der Waals surface area contributed by atoms with Gasteiger partial charge in [-0.2, -0.15) is 0 Å². The Morgan fingerprint density at radius 3 is 1.93 bits per heavy atom. The smallest absolute Gasteiger partial charge is 0.185 e. The highest BCUT2D eigenvalue weighted by Gasteiger charge is 2.39. The number of hydrogen-bond donors (Lipinski definition) is 1. The van der Waals surface area contributed by atoms with Gasteiger partial charge in [-0.3, -0.25) is 0 Å². The molecule has 0 aromatic heterocycles. The molecule has 0 radical (unpaired) electrons. The van der Waals surface area contributed by atoms with Gasteiger partial charge in [-0.05, 0) is 47.5 Å². The van der Waals surface area contributed by atoms with E-state index in [0.717, 1.165) is 12.2 Å². The fraction of sp³-hybridized carbons (Fsp3) is 0.514. The molecule has 6 rings (SSSR count). The van der Waals surface area contributed by atoms with Gasteiger partial charge in [0.2, 0.25) is 0 Å². The average Bonchev–Trinajstić information content (AvgIpc) is 3.23. The second kappa shape index (κ2) is 17.4. The molecule has 1 fully saturated rings. The standard InChI is InChI=1S/C15H20O2.C14H16O3.C8H14O2.H2/c1-12-10-16-9-8-15(13(12)2)17-11-14-6-4-3-5-7-14;1-10-9-15-8-7-12-13(10)17-14(16-12)11-5-3-2-4-6-11;1-6-5-10-4-3-8(9)7(6)2;/h3-9,12-13,15H,10-11H2,1-2H3;2-8,10,12-14H,9H2,1H3;3-4,6-9H,5H2,1-2H3;1H/t12-,13-,15-;10-,12?,13-,14?;6-,7-,8?;/m111./s1. The van der Waals surface area contributed by atoms with E-state index in [2.05, 4.69) is 39.8 Å². The Balaban J connectivity index is 0.000000189. The summed E-state index contributed by atoms with van der Waals surface area (Å²) in [6.45, 7) is 13.5. The van der Waals surface area contributed by atoms with Gasteiger partial charge in [-0.15, -0.1) is 0 Å². The monoisotopic (exact) mass is 608 g/mol. The lowest BCUT2D eigenvalue weighted by atomic mass is 9.91. The average molecular weight is 609 g/mol. The molecule has 4 aliphatic heterocycles. The molecule has 0 aliphatic carbocycles. The van der Waals surface area contributed by atoms with Crippen LogP contribution in [0.3, 0.4) is 0 Å². The summed E-state index contributed by atoms with van der Waals surface area (Å²) in [6.07, 6.45) is 10.4. The molecule has 0 spiro atoms. The van der Waals surface area contributed by atoms with Crippen LogP contribution in [0.2, 0.25) is 0 Å². The lowest BCUT2D eigenvalue weighted by molar-refractivity contribution is -0.0759. The Labute approximate surface area is 264 Å². The molecule has 0 bridgehead atoms. The van der Waals surface area contributed by atoms with Crippen molar-refractivity contribution in [3.63, 3.8) is 0 Å². The molecule has 10 atom stereocenters. The zero-order valence-electron chi connectivity index (χ0n) is 26.7. The van der Waals surface area contributed by atoms with Crippen LogP contribution in [0.4, 0.5) is 0 Å². The number of fused-ring (bicyclic) bond motifs is 1. The van der Waals surface area contributed by atoms with Crippen LogP contribution in [-0.4, -0.2) is 49.3 Å². The van der Waals surface area contributed by atoms with Gasteiger partial charge in [0.15, 0.2) is 6.29 Å². The summed E-state index contributed by atoms with van der Waals surface area (Å²) in [5.74, 6) is 2.08. The van der Waals surface area contributed by atoms with Crippen molar-refractivity contribution in [3.8, 4) is 0 Å². The number of hydrogen-bond acceptors (Lipinski definition) is 7. The summed E-state index contributed by atoms with van der Waals surface area (Å²) in [4.78, 5) is 0. The molecule has 4 aliphatic rings. The predicted octanol–water partition coefficient (Wildman–Crippen LogP) is 7.45. The van der Waals surface area contributed by atoms with Crippen LogP contribution in [0, 0.1) is 29.6 Å². The highest BCUT2D eigenvalue weighted by Crippen LogP contribution is 2.36. The van der Waals surface area contributed by atoms with Gasteiger partial charge < -0.3 is 33.5 Å². The summed E-state index contributed by atoms with van der Waals surface area (Å²) in [5, 5.41) is 9.36. The van der Waals surface area contributed by atoms with Gasteiger partial charge in [0.25, 0.3) is 0 Å². The predicted molar refractivity (Wildman–Crippen MR) is 173 cm³/mol. The van der Waals surface area contributed by atoms with Crippen LogP contribution in [0.5, 0.6) is 0 Å². The molecule has 0 amide bonds. The summed E-state index contributed by atoms with van der Waals surface area (Å²) in [5.41, 5.74) is 2.29. The lowest BCUT2D eigenvalue weighted by Gasteiger charge is -2.24. The first-order valence-corrected chi connectivity index (χ1v) is 15.9. The van der Waals surface area contributed by atoms with Crippen molar-refractivity contribution in [1.29, 1.82) is 0 Å². The minimum Gasteiger partial charge on any atom is -0.501 e. The van der Waals surface area contributed by atoms with Crippen molar-refractivity contribution < 1.29 is 35.0 Å². The third kappa shape index (κ3) is 9.96. The second-order valence-electron chi connectivity index (χ2n) is 12.3. The van der Waals surface area contributed by atoms with Gasteiger partial charge in [-0.25, -0.2) is 0 Å². The molecule has 242 valence electrons. The number of rotatable bonds is 4. The normalized spacial score (nSPS) is 34.1. The van der Waals surface area contributed by atoms with E-state index in [9.17, 15) is 5.11 Å². The summed E-state index contributed by atoms with van der Waals surface area (Å²) in [7, 11) is 0. The highest BCUT2D eigenvalue weighted by atomic mass is 16.7. The number of aliphatic hydroxyl groups excluding tert-OH is 1. The number of ether oxygens (including phenoxy) is 6. The molecule has 7 heteroatoms. The zero-order chi connectivity index (χ0) is 31.3. The van der Waals surface area contributed by atoms with Crippen molar-refractivity contribution in [2.24, 2.45) is 29.6 Å². The van der Waals surface area contributed by atoms with E-state index in [1.807, 2.05) is 67.6 Å². The van der Waals surface area contributed by atoms with Crippen molar-refractivity contribution >= 4 is 0 Å². The van der Waals surface area contributed by atoms with E-state index in [-0.39, 0.29) is 32.1 Å². The summed E-state index contributed by atoms with van der Waals surface area (Å²) >= 11 is 0. The molecule has 1 N–H and O–H groups in total. The molecule has 2 aromatic carbocycles. The van der Waals surface area contributed by atoms with Gasteiger partial charge in [-0.1, -0.05) is 95.3 Å². The Bertz CT molecular complexity index is 1160. The van der Waals surface area contributed by atoms with E-state index >= 15 is 0 Å². The van der Waals surface area contributed by atoms with Crippen LogP contribution in [-0.2, 0) is 35.0 Å². The van der Waals surface area contributed by atoms with E-state index < -0.39 is 0 Å². The summed E-state index contributed by atoms with van der Waals surface area (Å²) in [6, 6.07) is 20.3. The summed E-state index contributed by atoms with van der Waals surface area (Å²) < 4.78 is 33.7. The quantitative estimate of drug-likeness (QED) is 0.387. The largest absolute Gasteiger partial charge is 0.501 e. The Morgan fingerprint density at radius 2 is 1.25 bits per heavy atom. The van der Waals surface area contributed by atoms with E-state index in [1.54, 1.807) is 24.9 Å². The van der Waals surface area contributed by atoms with Crippen LogP contribution in [0.25, 0.3) is 0 Å². The van der Waals surface area contributed by atoms with Crippen LogP contribution >= 0.6 is 0 Å². The second-order valence-corrected chi connectivity index (χ2v) is 12.3. The molecule has 0 saturated carbocycles. The topological polar surface area (TPSA) is 75.6 Å². The Morgan fingerprint density at radius 1 is 0.682 bits per heavy atom. The Hall–Kier alpha value is -3.10. The molecular weight excluding hydrogens is 556 g/mol. The maximum atomic E-state index is 9.36. The maximum Gasteiger partial charge on any atom is 0.185 e. The maximum absolute atomic E-state index is 9.36. The third-order valence-corrected chi connectivity index (χ3v) is 8.83. The van der Waals surface area contributed by atoms with Crippen molar-refractivity contribution in [2.45, 2.75) is 71.9 Å². The molecule has 3 unspecified atom stereocenters. The van der Waals surface area contributed by atoms with Crippen molar-refractivity contribution in [3.05, 3.63) is 109 Å². The zero-order valence-corrected chi connectivity index (χ0v) is 26.7. The van der Waals surface area contributed by atoms with E-state index in [4.69, 9.17) is 28.4 Å². The van der Waals surface area contributed by atoms with Crippen LogP contribution in [0.15, 0.2) is 97.7 Å². The third-order valence-electron chi connectivity index (χ3n) is 8.83. The van der Waals surface area contributed by atoms with Gasteiger partial charge in [0, 0.05) is 12.9 Å². The molecular formula is C37H52O7. The molecule has 44 heavy (non-hydrogen) atoms. The minimum atomic E-state index is -0.336. The van der Waals surface area contributed by atoms with Crippen LogP contribution in [0.1, 0.15) is 53.5 Å². The molecule has 2 aromatic rings. The number of benzene rings is 2. The first-order chi connectivity index (χ1) is 21.3. The van der Waals surface area contributed by atoms with Gasteiger partial charge in [0.05, 0.1) is 63.5 Å². The molecule has 7 nitrogen and oxygen atoms in total. The van der Waals surface area contributed by atoms with Gasteiger partial charge >= 0.3 is 0 Å². The van der Waals surface area contributed by atoms with E-state index in [0.29, 0.717) is 49.4 Å². The van der Waals surface area contributed by atoms with Crippen molar-refractivity contribution in [2.75, 3.05) is 19.8 Å². The Kier molecular flexibility index (Phi) is 13.4. The van der Waals surface area contributed by atoms with E-state index in [1.165, 1.54) is 5.56 Å². The molecule has 1 saturated heterocycles.